The molecule has 0 radical (unpaired) electrons. The van der Waals surface area contributed by atoms with E-state index in [1.165, 1.54) is 5.56 Å². The van der Waals surface area contributed by atoms with Crippen LogP contribution in [0.25, 0.3) is 0 Å². The number of likely N-dealkylation sites (tertiary alicyclic amines) is 1. The van der Waals surface area contributed by atoms with Crippen molar-refractivity contribution in [1.82, 2.24) is 14.7 Å². The molecular formula is C13H21N3O. The van der Waals surface area contributed by atoms with E-state index in [2.05, 4.69) is 29.8 Å². The zero-order valence-corrected chi connectivity index (χ0v) is 10.9. The molecule has 1 amide bonds. The lowest BCUT2D eigenvalue weighted by Gasteiger charge is -2.31. The first-order valence-corrected chi connectivity index (χ1v) is 6.37. The number of rotatable bonds is 2. The van der Waals surface area contributed by atoms with Gasteiger partial charge in [0.05, 0.1) is 12.2 Å². The smallest absolute Gasteiger partial charge is 0.219 e. The van der Waals surface area contributed by atoms with Crippen LogP contribution in [0.3, 0.4) is 0 Å². The second-order valence-corrected chi connectivity index (χ2v) is 5.15. The minimum atomic E-state index is 0.187. The Kier molecular flexibility index (Phi) is 3.50. The van der Waals surface area contributed by atoms with Gasteiger partial charge in [-0.15, -0.1) is 0 Å². The Bertz CT molecular complexity index is 389. The third kappa shape index (κ3) is 2.68. The maximum absolute atomic E-state index is 11.2. The molecule has 0 saturated carbocycles. The first-order valence-electron chi connectivity index (χ1n) is 6.37. The van der Waals surface area contributed by atoms with Crippen LogP contribution in [0.1, 0.15) is 51.1 Å². The van der Waals surface area contributed by atoms with E-state index in [4.69, 9.17) is 0 Å². The average Bonchev–Trinajstić information content (AvgIpc) is 2.78. The van der Waals surface area contributed by atoms with Crippen molar-refractivity contribution in [3.05, 3.63) is 18.0 Å². The molecule has 0 aromatic carbocycles. The van der Waals surface area contributed by atoms with E-state index < -0.39 is 0 Å². The minimum absolute atomic E-state index is 0.187. The molecule has 4 nitrogen and oxygen atoms in total. The van der Waals surface area contributed by atoms with Gasteiger partial charge in [0, 0.05) is 26.2 Å². The van der Waals surface area contributed by atoms with Crippen LogP contribution in [0, 0.1) is 0 Å². The molecule has 1 aliphatic heterocycles. The molecular weight excluding hydrogens is 214 g/mol. The maximum Gasteiger partial charge on any atom is 0.219 e. The molecule has 1 aliphatic rings. The first kappa shape index (κ1) is 12.1. The van der Waals surface area contributed by atoms with Crippen molar-refractivity contribution in [1.29, 1.82) is 0 Å². The van der Waals surface area contributed by atoms with Crippen LogP contribution in [-0.2, 0) is 4.79 Å². The van der Waals surface area contributed by atoms with Gasteiger partial charge in [-0.3, -0.25) is 9.48 Å². The Balaban J connectivity index is 1.98. The van der Waals surface area contributed by atoms with Crippen LogP contribution in [0.2, 0.25) is 0 Å². The van der Waals surface area contributed by atoms with Crippen molar-refractivity contribution in [2.75, 3.05) is 13.1 Å². The van der Waals surface area contributed by atoms with E-state index in [0.717, 1.165) is 25.9 Å². The van der Waals surface area contributed by atoms with Gasteiger partial charge in [0.1, 0.15) is 0 Å². The van der Waals surface area contributed by atoms with Crippen LogP contribution >= 0.6 is 0 Å². The highest BCUT2D eigenvalue weighted by molar-refractivity contribution is 5.73. The van der Waals surface area contributed by atoms with Gasteiger partial charge >= 0.3 is 0 Å². The van der Waals surface area contributed by atoms with Crippen molar-refractivity contribution in [2.24, 2.45) is 0 Å². The van der Waals surface area contributed by atoms with E-state index >= 15 is 0 Å². The molecule has 0 N–H and O–H groups in total. The van der Waals surface area contributed by atoms with Gasteiger partial charge in [-0.05, 0) is 24.3 Å². The predicted molar refractivity (Wildman–Crippen MR) is 66.8 cm³/mol. The van der Waals surface area contributed by atoms with Crippen molar-refractivity contribution in [3.8, 4) is 0 Å². The number of aromatic nitrogens is 2. The maximum atomic E-state index is 11.2. The van der Waals surface area contributed by atoms with Crippen molar-refractivity contribution in [3.63, 3.8) is 0 Å². The van der Waals surface area contributed by atoms with E-state index in [0.29, 0.717) is 12.0 Å². The van der Waals surface area contributed by atoms with Crippen LogP contribution < -0.4 is 0 Å². The molecule has 1 aromatic rings. The highest BCUT2D eigenvalue weighted by Crippen LogP contribution is 2.23. The third-order valence-corrected chi connectivity index (χ3v) is 3.57. The number of hydrogen-bond donors (Lipinski definition) is 0. The second kappa shape index (κ2) is 4.90. The van der Waals surface area contributed by atoms with Gasteiger partial charge < -0.3 is 4.90 Å². The quantitative estimate of drug-likeness (QED) is 0.788. The number of carbonyl (C=O) groups is 1. The van der Waals surface area contributed by atoms with Crippen LogP contribution in [0.5, 0.6) is 0 Å². The summed E-state index contributed by atoms with van der Waals surface area (Å²) in [4.78, 5) is 13.2. The number of piperidine rings is 1. The Morgan fingerprint density at radius 1 is 1.41 bits per heavy atom. The number of hydrogen-bond acceptors (Lipinski definition) is 2. The zero-order chi connectivity index (χ0) is 12.4. The summed E-state index contributed by atoms with van der Waals surface area (Å²) < 4.78 is 2.08. The van der Waals surface area contributed by atoms with Crippen LogP contribution in [0.15, 0.2) is 12.4 Å². The van der Waals surface area contributed by atoms with Crippen molar-refractivity contribution in [2.45, 2.75) is 45.6 Å². The molecule has 2 heterocycles. The lowest BCUT2D eigenvalue weighted by Crippen LogP contribution is -2.37. The van der Waals surface area contributed by atoms with E-state index in [9.17, 15) is 4.79 Å². The summed E-state index contributed by atoms with van der Waals surface area (Å²) in [6.07, 6.45) is 6.14. The van der Waals surface area contributed by atoms with Gasteiger partial charge in [-0.25, -0.2) is 0 Å². The average molecular weight is 235 g/mol. The Morgan fingerprint density at radius 2 is 2.06 bits per heavy atom. The van der Waals surface area contributed by atoms with Crippen LogP contribution in [0.4, 0.5) is 0 Å². The normalized spacial score (nSPS) is 17.8. The van der Waals surface area contributed by atoms with Crippen molar-refractivity contribution < 1.29 is 4.79 Å². The van der Waals surface area contributed by atoms with E-state index in [1.54, 1.807) is 6.92 Å². The summed E-state index contributed by atoms with van der Waals surface area (Å²) >= 11 is 0. The highest BCUT2D eigenvalue weighted by Gasteiger charge is 2.22. The molecule has 1 saturated heterocycles. The molecule has 4 heteroatoms. The van der Waals surface area contributed by atoms with Crippen molar-refractivity contribution >= 4 is 5.91 Å². The fourth-order valence-electron chi connectivity index (χ4n) is 2.30. The molecule has 2 rings (SSSR count). The SMILES string of the molecule is CC(=O)N1CCC(n2cc(C(C)C)cn2)CC1. The molecule has 94 valence electrons. The lowest BCUT2D eigenvalue weighted by atomic mass is 10.0. The largest absolute Gasteiger partial charge is 0.343 e. The first-order chi connectivity index (χ1) is 8.08. The summed E-state index contributed by atoms with van der Waals surface area (Å²) in [7, 11) is 0. The number of carbonyl (C=O) groups excluding carboxylic acids is 1. The molecule has 0 unspecified atom stereocenters. The Morgan fingerprint density at radius 3 is 2.53 bits per heavy atom. The van der Waals surface area contributed by atoms with E-state index in [1.807, 2.05) is 11.1 Å². The fourth-order valence-corrected chi connectivity index (χ4v) is 2.30. The molecule has 0 bridgehead atoms. The summed E-state index contributed by atoms with van der Waals surface area (Å²) in [6, 6.07) is 0.457. The summed E-state index contributed by atoms with van der Waals surface area (Å²) in [5.41, 5.74) is 1.29. The summed E-state index contributed by atoms with van der Waals surface area (Å²) in [5.74, 6) is 0.716. The monoisotopic (exact) mass is 235 g/mol. The molecule has 1 aromatic heterocycles. The summed E-state index contributed by atoms with van der Waals surface area (Å²) in [6.45, 7) is 7.72. The molecule has 17 heavy (non-hydrogen) atoms. The second-order valence-electron chi connectivity index (χ2n) is 5.15. The Hall–Kier alpha value is -1.32. The molecule has 1 fully saturated rings. The lowest BCUT2D eigenvalue weighted by molar-refractivity contribution is -0.130. The number of amides is 1. The minimum Gasteiger partial charge on any atom is -0.343 e. The van der Waals surface area contributed by atoms with E-state index in [-0.39, 0.29) is 5.91 Å². The van der Waals surface area contributed by atoms with Gasteiger partial charge in [-0.2, -0.15) is 5.10 Å². The predicted octanol–water partition coefficient (Wildman–Crippen LogP) is 2.19. The Labute approximate surface area is 103 Å². The topological polar surface area (TPSA) is 38.1 Å². The van der Waals surface area contributed by atoms with Gasteiger partial charge in [0.15, 0.2) is 0 Å². The number of nitrogens with zero attached hydrogens (tertiary/aromatic N) is 3. The molecule has 0 atom stereocenters. The molecule has 0 spiro atoms. The highest BCUT2D eigenvalue weighted by atomic mass is 16.2. The van der Waals surface area contributed by atoms with Gasteiger partial charge in [-0.1, -0.05) is 13.8 Å². The van der Waals surface area contributed by atoms with Gasteiger partial charge in [0.2, 0.25) is 5.91 Å². The van der Waals surface area contributed by atoms with Crippen LogP contribution in [-0.4, -0.2) is 33.7 Å². The zero-order valence-electron chi connectivity index (χ0n) is 10.9. The third-order valence-electron chi connectivity index (χ3n) is 3.57. The van der Waals surface area contributed by atoms with Gasteiger partial charge in [0.25, 0.3) is 0 Å². The fraction of sp³-hybridized carbons (Fsp3) is 0.692. The molecule has 0 aliphatic carbocycles. The standard InChI is InChI=1S/C13H21N3O/c1-10(2)12-8-14-16(9-12)13-4-6-15(7-5-13)11(3)17/h8-10,13H,4-7H2,1-3H3. The summed E-state index contributed by atoms with van der Waals surface area (Å²) in [5, 5.41) is 4.44.